The molecule has 2 amide bonds. The van der Waals surface area contributed by atoms with Crippen molar-refractivity contribution in [2.75, 3.05) is 0 Å². The van der Waals surface area contributed by atoms with Crippen molar-refractivity contribution >= 4 is 58.4 Å². The van der Waals surface area contributed by atoms with Gasteiger partial charge in [0.2, 0.25) is 14.9 Å². The Morgan fingerprint density at radius 3 is 2.29 bits per heavy atom. The summed E-state index contributed by atoms with van der Waals surface area (Å²) in [5, 5.41) is 0. The highest BCUT2D eigenvalue weighted by Gasteiger charge is 2.52. The molecule has 17 heavy (non-hydrogen) atoms. The van der Waals surface area contributed by atoms with Gasteiger partial charge in [-0.3, -0.25) is 9.59 Å². The smallest absolute Gasteiger partial charge is 0.238 e. The van der Waals surface area contributed by atoms with Gasteiger partial charge in [0.1, 0.15) is 4.75 Å². The Labute approximate surface area is 118 Å². The van der Waals surface area contributed by atoms with Gasteiger partial charge in [0.05, 0.1) is 5.92 Å². The first kappa shape index (κ1) is 15.0. The molecule has 2 unspecified atom stereocenters. The van der Waals surface area contributed by atoms with Gasteiger partial charge in [-0.25, -0.2) is 0 Å². The number of rotatable bonds is 3. The third kappa shape index (κ3) is 3.44. The molecule has 0 aromatic carbocycles. The zero-order chi connectivity index (χ0) is 13.3. The SMILES string of the molecule is NC(=O)C1CC=CCC1(SC(Cl)(Cl)Cl)C(N)=O. The Hall–Kier alpha value is -0.100. The molecule has 0 bridgehead atoms. The first-order valence-electron chi connectivity index (χ1n) is 4.70. The van der Waals surface area contributed by atoms with Gasteiger partial charge >= 0.3 is 0 Å². The van der Waals surface area contributed by atoms with Crippen LogP contribution in [0.1, 0.15) is 12.8 Å². The fourth-order valence-corrected chi connectivity index (χ4v) is 4.10. The molecule has 0 aromatic rings. The Morgan fingerprint density at radius 2 is 1.88 bits per heavy atom. The number of thioether (sulfide) groups is 1. The highest BCUT2D eigenvalue weighted by molar-refractivity contribution is 8.06. The second-order valence-corrected chi connectivity index (χ2v) is 8.17. The van der Waals surface area contributed by atoms with E-state index in [0.717, 1.165) is 11.8 Å². The van der Waals surface area contributed by atoms with E-state index < -0.39 is 25.6 Å². The number of hydrogen-bond acceptors (Lipinski definition) is 3. The average molecular weight is 318 g/mol. The zero-order valence-electron chi connectivity index (χ0n) is 8.66. The number of carbonyl (C=O) groups excluding carboxylic acids is 2. The van der Waals surface area contributed by atoms with Crippen molar-refractivity contribution in [3.8, 4) is 0 Å². The first-order valence-corrected chi connectivity index (χ1v) is 6.65. The highest BCUT2D eigenvalue weighted by Crippen LogP contribution is 2.52. The van der Waals surface area contributed by atoms with E-state index in [1.165, 1.54) is 0 Å². The minimum atomic E-state index is -1.74. The predicted octanol–water partition coefficient (Wildman–Crippen LogP) is 1.72. The Morgan fingerprint density at radius 1 is 1.29 bits per heavy atom. The lowest BCUT2D eigenvalue weighted by Gasteiger charge is -2.38. The molecule has 0 spiro atoms. The van der Waals surface area contributed by atoms with E-state index in [2.05, 4.69) is 0 Å². The maximum absolute atomic E-state index is 11.7. The molecular weight excluding hydrogens is 307 g/mol. The highest BCUT2D eigenvalue weighted by atomic mass is 35.6. The van der Waals surface area contributed by atoms with Gasteiger partial charge in [-0.05, 0) is 12.8 Å². The van der Waals surface area contributed by atoms with Crippen molar-refractivity contribution in [3.63, 3.8) is 0 Å². The number of alkyl halides is 3. The van der Waals surface area contributed by atoms with E-state index in [9.17, 15) is 9.59 Å². The number of amides is 2. The summed E-state index contributed by atoms with van der Waals surface area (Å²) < 4.78 is -3.04. The second kappa shape index (κ2) is 5.26. The summed E-state index contributed by atoms with van der Waals surface area (Å²) in [5.41, 5.74) is 10.6. The molecule has 0 aromatic heterocycles. The van der Waals surface area contributed by atoms with Crippen LogP contribution in [0.15, 0.2) is 12.2 Å². The van der Waals surface area contributed by atoms with Crippen molar-refractivity contribution in [3.05, 3.63) is 12.2 Å². The van der Waals surface area contributed by atoms with Crippen LogP contribution >= 0.6 is 46.6 Å². The van der Waals surface area contributed by atoms with E-state index >= 15 is 0 Å². The van der Waals surface area contributed by atoms with Crippen LogP contribution in [0.25, 0.3) is 0 Å². The average Bonchev–Trinajstić information content (AvgIpc) is 2.15. The number of hydrogen-bond donors (Lipinski definition) is 2. The molecule has 0 aliphatic heterocycles. The van der Waals surface area contributed by atoms with Gasteiger partial charge in [0.15, 0.2) is 0 Å². The predicted molar refractivity (Wildman–Crippen MR) is 70.9 cm³/mol. The van der Waals surface area contributed by atoms with Gasteiger partial charge in [-0.2, -0.15) is 0 Å². The van der Waals surface area contributed by atoms with Gasteiger partial charge in [0, 0.05) is 0 Å². The lowest BCUT2D eigenvalue weighted by molar-refractivity contribution is -0.129. The maximum atomic E-state index is 11.7. The molecule has 1 rings (SSSR count). The Balaban J connectivity index is 3.16. The normalized spacial score (nSPS) is 29.0. The van der Waals surface area contributed by atoms with E-state index in [1.54, 1.807) is 12.2 Å². The lowest BCUT2D eigenvalue weighted by Crippen LogP contribution is -2.53. The standard InChI is InChI=1S/C9H11Cl3N2O2S/c10-9(11,12)17-8(7(14)16)4-2-1-3-5(8)6(13)15/h1-2,5H,3-4H2,(H2,13,15)(H2,14,16). The van der Waals surface area contributed by atoms with E-state index in [-0.39, 0.29) is 6.42 Å². The molecule has 4 N–H and O–H groups in total. The summed E-state index contributed by atoms with van der Waals surface area (Å²) in [6.45, 7) is 0. The van der Waals surface area contributed by atoms with Crippen molar-refractivity contribution in [2.24, 2.45) is 17.4 Å². The molecule has 1 aliphatic carbocycles. The molecule has 4 nitrogen and oxygen atoms in total. The van der Waals surface area contributed by atoms with E-state index in [1.807, 2.05) is 0 Å². The van der Waals surface area contributed by atoms with Crippen LogP contribution in [-0.4, -0.2) is 19.7 Å². The second-order valence-electron chi connectivity index (χ2n) is 3.67. The molecule has 0 heterocycles. The third-order valence-electron chi connectivity index (χ3n) is 2.58. The van der Waals surface area contributed by atoms with Crippen molar-refractivity contribution in [2.45, 2.75) is 20.7 Å². The zero-order valence-corrected chi connectivity index (χ0v) is 11.7. The van der Waals surface area contributed by atoms with Crippen molar-refractivity contribution in [1.82, 2.24) is 0 Å². The molecule has 96 valence electrons. The van der Waals surface area contributed by atoms with Crippen LogP contribution in [-0.2, 0) is 9.59 Å². The molecule has 0 fully saturated rings. The summed E-state index contributed by atoms with van der Waals surface area (Å²) in [7, 11) is 0. The number of allylic oxidation sites excluding steroid dienone is 2. The summed E-state index contributed by atoms with van der Waals surface area (Å²) in [5.74, 6) is -2.11. The van der Waals surface area contributed by atoms with Crippen LogP contribution in [0.5, 0.6) is 0 Å². The van der Waals surface area contributed by atoms with Crippen LogP contribution in [0.2, 0.25) is 0 Å². The summed E-state index contributed by atoms with van der Waals surface area (Å²) in [6, 6.07) is 0. The van der Waals surface area contributed by atoms with Crippen LogP contribution in [0.3, 0.4) is 0 Å². The summed E-state index contributed by atoms with van der Waals surface area (Å²) >= 11 is 17.8. The lowest BCUT2D eigenvalue weighted by atomic mass is 9.81. The van der Waals surface area contributed by atoms with Crippen molar-refractivity contribution in [1.29, 1.82) is 0 Å². The molecule has 0 saturated heterocycles. The quantitative estimate of drug-likeness (QED) is 0.614. The number of halogens is 3. The van der Waals surface area contributed by atoms with Gasteiger partial charge in [-0.1, -0.05) is 58.7 Å². The fourth-order valence-electron chi connectivity index (χ4n) is 1.81. The monoisotopic (exact) mass is 316 g/mol. The topological polar surface area (TPSA) is 86.2 Å². The molecule has 8 heteroatoms. The van der Waals surface area contributed by atoms with Gasteiger partial charge < -0.3 is 11.5 Å². The molecule has 1 aliphatic rings. The number of carbonyl (C=O) groups is 2. The maximum Gasteiger partial charge on any atom is 0.238 e. The minimum absolute atomic E-state index is 0.217. The largest absolute Gasteiger partial charge is 0.369 e. The molecule has 0 radical (unpaired) electrons. The molecule has 0 saturated carbocycles. The van der Waals surface area contributed by atoms with Crippen LogP contribution in [0, 0.1) is 5.92 Å². The van der Waals surface area contributed by atoms with Crippen LogP contribution < -0.4 is 11.5 Å². The summed E-state index contributed by atoms with van der Waals surface area (Å²) in [6.07, 6.45) is 4.02. The molecular formula is C9H11Cl3N2O2S. The van der Waals surface area contributed by atoms with Crippen LogP contribution in [0.4, 0.5) is 0 Å². The minimum Gasteiger partial charge on any atom is -0.369 e. The van der Waals surface area contributed by atoms with E-state index in [0.29, 0.717) is 6.42 Å². The Bertz CT molecular complexity index is 370. The number of primary amides is 2. The van der Waals surface area contributed by atoms with Crippen molar-refractivity contribution < 1.29 is 9.59 Å². The van der Waals surface area contributed by atoms with Gasteiger partial charge in [-0.15, -0.1) is 0 Å². The summed E-state index contributed by atoms with van der Waals surface area (Å²) in [4.78, 5) is 23.1. The van der Waals surface area contributed by atoms with Gasteiger partial charge in [0.25, 0.3) is 0 Å². The fraction of sp³-hybridized carbons (Fsp3) is 0.556. The van der Waals surface area contributed by atoms with E-state index in [4.69, 9.17) is 46.3 Å². The molecule has 2 atom stereocenters. The number of nitrogens with two attached hydrogens (primary N) is 2. The third-order valence-corrected chi connectivity index (χ3v) is 4.52. The first-order chi connectivity index (χ1) is 7.69. The Kier molecular flexibility index (Phi) is 4.63.